The summed E-state index contributed by atoms with van der Waals surface area (Å²) in [5.41, 5.74) is 0. The Hall–Kier alpha value is -0.340. The van der Waals surface area contributed by atoms with Gasteiger partial charge in [-0.25, -0.2) is 0 Å². The molecule has 0 aromatic rings. The minimum atomic E-state index is 0.362. The van der Waals surface area contributed by atoms with E-state index in [4.69, 9.17) is 10.2 Å². The third kappa shape index (κ3) is 27.9. The Balaban J connectivity index is 0. The zero-order valence-corrected chi connectivity index (χ0v) is 19.8. The van der Waals surface area contributed by atoms with Crippen molar-refractivity contribution in [2.24, 2.45) is 5.92 Å². The predicted molar refractivity (Wildman–Crippen MR) is 127 cm³/mol. The fourth-order valence-electron chi connectivity index (χ4n) is 3.28. The normalized spacial score (nSPS) is 12.2. The highest BCUT2D eigenvalue weighted by Crippen LogP contribution is 2.11. The van der Waals surface area contributed by atoms with E-state index in [9.17, 15) is 0 Å². The van der Waals surface area contributed by atoms with Crippen LogP contribution in [0.5, 0.6) is 0 Å². The summed E-state index contributed by atoms with van der Waals surface area (Å²) in [5, 5.41) is 17.4. The second-order valence-corrected chi connectivity index (χ2v) is 8.26. The molecule has 0 aliphatic heterocycles. The third-order valence-corrected chi connectivity index (χ3v) is 5.47. The average Bonchev–Trinajstić information content (AvgIpc) is 2.72. The molecule has 0 spiro atoms. The second-order valence-electron chi connectivity index (χ2n) is 8.26. The Morgan fingerprint density at radius 3 is 1.46 bits per heavy atom. The van der Waals surface area contributed by atoms with Crippen molar-refractivity contribution in [3.63, 3.8) is 0 Å². The molecule has 0 saturated heterocycles. The lowest BCUT2D eigenvalue weighted by molar-refractivity contribution is 0.212. The van der Waals surface area contributed by atoms with Crippen molar-refractivity contribution in [3.8, 4) is 0 Å². The van der Waals surface area contributed by atoms with Crippen LogP contribution in [0.15, 0.2) is 12.2 Å². The van der Waals surface area contributed by atoms with E-state index in [0.717, 1.165) is 12.8 Å². The molecule has 2 heteroatoms. The van der Waals surface area contributed by atoms with Crippen LogP contribution in [0.3, 0.4) is 0 Å². The molecule has 0 fully saturated rings. The van der Waals surface area contributed by atoms with E-state index in [1.54, 1.807) is 0 Å². The van der Waals surface area contributed by atoms with Crippen molar-refractivity contribution in [1.29, 1.82) is 0 Å². The Labute approximate surface area is 178 Å². The van der Waals surface area contributed by atoms with Crippen LogP contribution in [-0.2, 0) is 0 Å². The van der Waals surface area contributed by atoms with E-state index >= 15 is 0 Å². The minimum Gasteiger partial charge on any atom is -0.396 e. The molecule has 0 aliphatic rings. The molecule has 2 nitrogen and oxygen atoms in total. The lowest BCUT2D eigenvalue weighted by atomic mass is 10.0. The summed E-state index contributed by atoms with van der Waals surface area (Å²) in [6.07, 6.45) is 28.0. The molecule has 0 aromatic carbocycles. The zero-order valence-electron chi connectivity index (χ0n) is 19.8. The number of unbranched alkanes of at least 4 members (excludes halogenated alkanes) is 13. The third-order valence-electron chi connectivity index (χ3n) is 5.47. The SMILES string of the molecule is CCCCC(CC)CO.CCCCCCCC/C=C\CCCCCCCCO. The van der Waals surface area contributed by atoms with Crippen molar-refractivity contribution in [3.05, 3.63) is 12.2 Å². The highest BCUT2D eigenvalue weighted by atomic mass is 16.3. The van der Waals surface area contributed by atoms with Crippen molar-refractivity contribution < 1.29 is 10.2 Å². The Bertz CT molecular complexity index is 272. The molecule has 1 atom stereocenters. The molecule has 0 aromatic heterocycles. The van der Waals surface area contributed by atoms with E-state index in [2.05, 4.69) is 32.9 Å². The van der Waals surface area contributed by atoms with Gasteiger partial charge in [-0.2, -0.15) is 0 Å². The van der Waals surface area contributed by atoms with E-state index in [1.165, 1.54) is 103 Å². The highest BCUT2D eigenvalue weighted by Gasteiger charge is 2.01. The highest BCUT2D eigenvalue weighted by molar-refractivity contribution is 4.81. The number of hydrogen-bond donors (Lipinski definition) is 2. The van der Waals surface area contributed by atoms with Gasteiger partial charge in [-0.15, -0.1) is 0 Å². The molecule has 170 valence electrons. The van der Waals surface area contributed by atoms with Crippen LogP contribution in [0.1, 0.15) is 136 Å². The van der Waals surface area contributed by atoms with E-state index in [-0.39, 0.29) is 0 Å². The van der Waals surface area contributed by atoms with Gasteiger partial charge in [0, 0.05) is 13.2 Å². The quantitative estimate of drug-likeness (QED) is 0.160. The fraction of sp³-hybridized carbons (Fsp3) is 0.923. The Kier molecular flexibility index (Phi) is 30.8. The molecular weight excluding hydrogens is 344 g/mol. The molecule has 28 heavy (non-hydrogen) atoms. The maximum atomic E-state index is 8.75. The molecule has 0 rings (SSSR count). The fourth-order valence-corrected chi connectivity index (χ4v) is 3.28. The van der Waals surface area contributed by atoms with Gasteiger partial charge in [-0.05, 0) is 44.4 Å². The number of aliphatic hydroxyl groups excluding tert-OH is 2. The number of rotatable bonds is 20. The summed E-state index contributed by atoms with van der Waals surface area (Å²) < 4.78 is 0. The van der Waals surface area contributed by atoms with Gasteiger partial charge < -0.3 is 10.2 Å². The van der Waals surface area contributed by atoms with Gasteiger partial charge in [0.2, 0.25) is 0 Å². The van der Waals surface area contributed by atoms with Crippen molar-refractivity contribution in [1.82, 2.24) is 0 Å². The summed E-state index contributed by atoms with van der Waals surface area (Å²) in [5.74, 6) is 0.560. The lowest BCUT2D eigenvalue weighted by Gasteiger charge is -2.08. The van der Waals surface area contributed by atoms with E-state index in [0.29, 0.717) is 19.1 Å². The molecule has 2 N–H and O–H groups in total. The lowest BCUT2D eigenvalue weighted by Crippen LogP contribution is -2.03. The molecule has 0 saturated carbocycles. The Morgan fingerprint density at radius 1 is 0.571 bits per heavy atom. The summed E-state index contributed by atoms with van der Waals surface area (Å²) in [6, 6.07) is 0. The van der Waals surface area contributed by atoms with Crippen LogP contribution in [-0.4, -0.2) is 23.4 Å². The predicted octanol–water partition coefficient (Wildman–Crippen LogP) is 8.21. The van der Waals surface area contributed by atoms with E-state index in [1.807, 2.05) is 0 Å². The van der Waals surface area contributed by atoms with Gasteiger partial charge in [-0.3, -0.25) is 0 Å². The number of aliphatic hydroxyl groups is 2. The molecule has 0 aliphatic carbocycles. The van der Waals surface area contributed by atoms with Crippen LogP contribution in [0.4, 0.5) is 0 Å². The maximum absolute atomic E-state index is 8.75. The summed E-state index contributed by atoms with van der Waals surface area (Å²) in [7, 11) is 0. The number of hydrogen-bond acceptors (Lipinski definition) is 2. The number of allylic oxidation sites excluding steroid dienone is 2. The summed E-state index contributed by atoms with van der Waals surface area (Å²) in [6.45, 7) is 7.33. The second kappa shape index (κ2) is 28.9. The summed E-state index contributed by atoms with van der Waals surface area (Å²) in [4.78, 5) is 0. The van der Waals surface area contributed by atoms with Crippen LogP contribution < -0.4 is 0 Å². The van der Waals surface area contributed by atoms with E-state index < -0.39 is 0 Å². The van der Waals surface area contributed by atoms with Gasteiger partial charge in [0.25, 0.3) is 0 Å². The van der Waals surface area contributed by atoms with Crippen LogP contribution in [0.25, 0.3) is 0 Å². The van der Waals surface area contributed by atoms with Gasteiger partial charge in [0.15, 0.2) is 0 Å². The van der Waals surface area contributed by atoms with Crippen molar-refractivity contribution >= 4 is 0 Å². The topological polar surface area (TPSA) is 40.5 Å². The van der Waals surface area contributed by atoms with Gasteiger partial charge in [0.1, 0.15) is 0 Å². The van der Waals surface area contributed by atoms with Crippen molar-refractivity contribution in [2.75, 3.05) is 13.2 Å². The molecule has 0 amide bonds. The van der Waals surface area contributed by atoms with Gasteiger partial charge in [0.05, 0.1) is 0 Å². The average molecular weight is 399 g/mol. The molecule has 1 unspecified atom stereocenters. The van der Waals surface area contributed by atoms with Crippen molar-refractivity contribution in [2.45, 2.75) is 136 Å². The monoisotopic (exact) mass is 398 g/mol. The first kappa shape index (κ1) is 29.9. The first-order valence-corrected chi connectivity index (χ1v) is 12.6. The minimum absolute atomic E-state index is 0.362. The van der Waals surface area contributed by atoms with Crippen LogP contribution in [0.2, 0.25) is 0 Å². The first-order chi connectivity index (χ1) is 13.8. The molecular formula is C26H54O2. The molecule has 0 radical (unpaired) electrons. The largest absolute Gasteiger partial charge is 0.396 e. The summed E-state index contributed by atoms with van der Waals surface area (Å²) >= 11 is 0. The molecule has 0 bridgehead atoms. The maximum Gasteiger partial charge on any atom is 0.0459 e. The van der Waals surface area contributed by atoms with Gasteiger partial charge >= 0.3 is 0 Å². The molecule has 0 heterocycles. The Morgan fingerprint density at radius 2 is 1.04 bits per heavy atom. The van der Waals surface area contributed by atoms with Gasteiger partial charge in [-0.1, -0.05) is 110 Å². The first-order valence-electron chi connectivity index (χ1n) is 12.6. The zero-order chi connectivity index (χ0) is 21.1. The van der Waals surface area contributed by atoms with Crippen LogP contribution in [0, 0.1) is 5.92 Å². The van der Waals surface area contributed by atoms with Crippen LogP contribution >= 0.6 is 0 Å². The smallest absolute Gasteiger partial charge is 0.0459 e. The standard InChI is InChI=1S/C18H36O.C8H18O/c1-2-3-4-5-6-7-8-9-10-11-12-13-14-15-16-17-18-19;1-3-5-6-8(4-2)7-9/h9-10,19H,2-8,11-18H2,1H3;8-9H,3-7H2,1-2H3/b10-9-;.